The van der Waals surface area contributed by atoms with Crippen LogP contribution in [0.1, 0.15) is 12.5 Å². The van der Waals surface area contributed by atoms with Crippen molar-refractivity contribution >= 4 is 34.1 Å². The Hall–Kier alpha value is -2.26. The third-order valence-corrected chi connectivity index (χ3v) is 4.82. The normalized spacial score (nSPS) is 12.1. The van der Waals surface area contributed by atoms with Gasteiger partial charge in [-0.15, -0.1) is 16.4 Å². The molecule has 7 nitrogen and oxygen atoms in total. The molecule has 0 fully saturated rings. The maximum atomic E-state index is 12.2. The minimum absolute atomic E-state index is 0.135. The predicted molar refractivity (Wildman–Crippen MR) is 90.0 cm³/mol. The zero-order valence-electron chi connectivity index (χ0n) is 12.5. The van der Waals surface area contributed by atoms with Gasteiger partial charge in [-0.2, -0.15) is 4.68 Å². The van der Waals surface area contributed by atoms with Gasteiger partial charge in [-0.05, 0) is 35.9 Å². The summed E-state index contributed by atoms with van der Waals surface area (Å²) in [7, 11) is 0. The third-order valence-electron chi connectivity index (χ3n) is 3.10. The summed E-state index contributed by atoms with van der Waals surface area (Å²) in [6.07, 6.45) is 1.65. The fourth-order valence-electron chi connectivity index (χ4n) is 1.91. The molecular weight excluding hydrogens is 332 g/mol. The zero-order chi connectivity index (χ0) is 16.2. The van der Waals surface area contributed by atoms with Crippen molar-refractivity contribution in [2.24, 2.45) is 0 Å². The van der Waals surface area contributed by atoms with Crippen molar-refractivity contribution < 1.29 is 4.79 Å². The lowest BCUT2D eigenvalue weighted by Crippen LogP contribution is -2.22. The fraction of sp³-hybridized carbons (Fsp3) is 0.214. The van der Waals surface area contributed by atoms with Crippen molar-refractivity contribution in [3.05, 3.63) is 41.4 Å². The van der Waals surface area contributed by atoms with E-state index in [2.05, 4.69) is 25.8 Å². The number of aromatic nitrogens is 5. The maximum absolute atomic E-state index is 12.2. The molecule has 1 aromatic carbocycles. The molecule has 23 heavy (non-hydrogen) atoms. The molecule has 0 radical (unpaired) electrons. The number of para-hydroxylation sites is 1. The van der Waals surface area contributed by atoms with E-state index < -0.39 is 0 Å². The van der Waals surface area contributed by atoms with Crippen LogP contribution in [0.4, 0.5) is 5.13 Å². The smallest absolute Gasteiger partial charge is 0.239 e. The Morgan fingerprint density at radius 3 is 2.96 bits per heavy atom. The van der Waals surface area contributed by atoms with E-state index >= 15 is 0 Å². The highest BCUT2D eigenvalue weighted by Gasteiger charge is 2.20. The van der Waals surface area contributed by atoms with Crippen LogP contribution in [-0.4, -0.2) is 36.3 Å². The lowest BCUT2D eigenvalue weighted by molar-refractivity contribution is -0.115. The Bertz CT molecular complexity index is 801. The molecule has 0 saturated carbocycles. The monoisotopic (exact) mass is 346 g/mol. The lowest BCUT2D eigenvalue weighted by atomic mass is 10.2. The van der Waals surface area contributed by atoms with Crippen LogP contribution in [0.2, 0.25) is 0 Å². The average molecular weight is 346 g/mol. The molecule has 2 heterocycles. The average Bonchev–Trinajstić information content (AvgIpc) is 3.19. The van der Waals surface area contributed by atoms with Crippen LogP contribution >= 0.6 is 23.1 Å². The van der Waals surface area contributed by atoms with E-state index in [1.807, 2.05) is 43.5 Å². The Labute approximate surface area is 141 Å². The van der Waals surface area contributed by atoms with Crippen LogP contribution in [0.25, 0.3) is 5.69 Å². The summed E-state index contributed by atoms with van der Waals surface area (Å²) in [5, 5.41) is 17.2. The van der Waals surface area contributed by atoms with Gasteiger partial charge in [0.15, 0.2) is 5.13 Å². The van der Waals surface area contributed by atoms with E-state index in [1.54, 1.807) is 10.9 Å². The molecule has 118 valence electrons. The Balaban J connectivity index is 1.75. The number of anilines is 1. The molecule has 0 saturated heterocycles. The number of tetrazole rings is 1. The summed E-state index contributed by atoms with van der Waals surface area (Å²) in [5.41, 5.74) is 1.95. The SMILES string of the molecule is Cc1ccccc1-n1nnnc1S[C@@H](C)C(=O)Nc1nccs1. The van der Waals surface area contributed by atoms with Gasteiger partial charge in [0.2, 0.25) is 11.1 Å². The number of hydrogen-bond donors (Lipinski definition) is 1. The molecule has 1 atom stereocenters. The van der Waals surface area contributed by atoms with Gasteiger partial charge in [0.1, 0.15) is 0 Å². The summed E-state index contributed by atoms with van der Waals surface area (Å²) >= 11 is 2.68. The second-order valence-electron chi connectivity index (χ2n) is 4.75. The molecule has 1 N–H and O–H groups in total. The van der Waals surface area contributed by atoms with Crippen molar-refractivity contribution in [2.75, 3.05) is 5.32 Å². The molecule has 0 aliphatic carbocycles. The molecule has 1 amide bonds. The number of thiazole rings is 1. The molecule has 2 aromatic heterocycles. The number of aryl methyl sites for hydroxylation is 1. The van der Waals surface area contributed by atoms with E-state index in [1.165, 1.54) is 23.1 Å². The second-order valence-corrected chi connectivity index (χ2v) is 6.95. The fourth-order valence-corrected chi connectivity index (χ4v) is 3.24. The Morgan fingerprint density at radius 1 is 1.39 bits per heavy atom. The quantitative estimate of drug-likeness (QED) is 0.715. The first-order valence-corrected chi connectivity index (χ1v) is 8.62. The molecular formula is C14H14N6OS2. The summed E-state index contributed by atoms with van der Waals surface area (Å²) < 4.78 is 1.65. The van der Waals surface area contributed by atoms with E-state index in [4.69, 9.17) is 0 Å². The van der Waals surface area contributed by atoms with E-state index in [0.717, 1.165) is 11.3 Å². The number of carbonyl (C=O) groups excluding carboxylic acids is 1. The van der Waals surface area contributed by atoms with Crippen LogP contribution in [0.15, 0.2) is 41.0 Å². The molecule has 3 aromatic rings. The van der Waals surface area contributed by atoms with Gasteiger partial charge in [0.05, 0.1) is 10.9 Å². The van der Waals surface area contributed by atoms with Crippen LogP contribution < -0.4 is 5.32 Å². The van der Waals surface area contributed by atoms with Crippen molar-refractivity contribution in [1.29, 1.82) is 0 Å². The van der Waals surface area contributed by atoms with Gasteiger partial charge < -0.3 is 5.32 Å². The zero-order valence-corrected chi connectivity index (χ0v) is 14.1. The molecule has 0 bridgehead atoms. The highest BCUT2D eigenvalue weighted by atomic mass is 32.2. The predicted octanol–water partition coefficient (Wildman–Crippen LogP) is 2.55. The van der Waals surface area contributed by atoms with Crippen LogP contribution in [0.5, 0.6) is 0 Å². The van der Waals surface area contributed by atoms with E-state index in [9.17, 15) is 4.79 Å². The van der Waals surface area contributed by atoms with Crippen molar-refractivity contribution in [2.45, 2.75) is 24.3 Å². The Kier molecular flexibility index (Phi) is 4.68. The number of rotatable bonds is 5. The van der Waals surface area contributed by atoms with Crippen LogP contribution in [-0.2, 0) is 4.79 Å². The van der Waals surface area contributed by atoms with Gasteiger partial charge in [-0.25, -0.2) is 4.98 Å². The minimum atomic E-state index is -0.354. The van der Waals surface area contributed by atoms with Gasteiger partial charge in [-0.1, -0.05) is 30.0 Å². The number of hydrogen-bond acceptors (Lipinski definition) is 7. The molecule has 0 unspecified atom stereocenters. The number of benzene rings is 1. The molecule has 0 spiro atoms. The topological polar surface area (TPSA) is 85.6 Å². The van der Waals surface area contributed by atoms with E-state index in [0.29, 0.717) is 10.3 Å². The van der Waals surface area contributed by atoms with Crippen LogP contribution in [0, 0.1) is 6.92 Å². The largest absolute Gasteiger partial charge is 0.301 e. The maximum Gasteiger partial charge on any atom is 0.239 e. The highest BCUT2D eigenvalue weighted by Crippen LogP contribution is 2.25. The van der Waals surface area contributed by atoms with Gasteiger partial charge in [0, 0.05) is 11.6 Å². The van der Waals surface area contributed by atoms with Gasteiger partial charge in [-0.3, -0.25) is 4.79 Å². The van der Waals surface area contributed by atoms with Gasteiger partial charge in [0.25, 0.3) is 0 Å². The standard InChI is InChI=1S/C14H14N6OS2/c1-9-5-3-4-6-11(9)20-14(17-18-19-20)23-10(2)12(21)16-13-15-7-8-22-13/h3-8,10H,1-2H3,(H,15,16,21)/t10-/m0/s1. The third kappa shape index (κ3) is 3.57. The number of carbonyl (C=O) groups is 1. The van der Waals surface area contributed by atoms with Crippen molar-refractivity contribution in [1.82, 2.24) is 25.2 Å². The number of thioether (sulfide) groups is 1. The summed E-state index contributed by atoms with van der Waals surface area (Å²) in [5.74, 6) is -0.135. The summed E-state index contributed by atoms with van der Waals surface area (Å²) in [6, 6.07) is 7.82. The molecule has 0 aliphatic rings. The summed E-state index contributed by atoms with van der Waals surface area (Å²) in [6.45, 7) is 3.80. The van der Waals surface area contributed by atoms with Gasteiger partial charge >= 0.3 is 0 Å². The summed E-state index contributed by atoms with van der Waals surface area (Å²) in [4.78, 5) is 16.3. The first-order valence-electron chi connectivity index (χ1n) is 6.86. The number of nitrogens with one attached hydrogen (secondary N) is 1. The Morgan fingerprint density at radius 2 is 2.22 bits per heavy atom. The van der Waals surface area contributed by atoms with Crippen molar-refractivity contribution in [3.63, 3.8) is 0 Å². The second kappa shape index (κ2) is 6.88. The molecule has 3 rings (SSSR count). The minimum Gasteiger partial charge on any atom is -0.301 e. The number of nitrogens with zero attached hydrogens (tertiary/aromatic N) is 5. The highest BCUT2D eigenvalue weighted by molar-refractivity contribution is 8.00. The number of amides is 1. The lowest BCUT2D eigenvalue weighted by Gasteiger charge is -2.11. The molecule has 9 heteroatoms. The molecule has 0 aliphatic heterocycles. The van der Waals surface area contributed by atoms with Crippen LogP contribution in [0.3, 0.4) is 0 Å². The first kappa shape index (κ1) is 15.6. The first-order chi connectivity index (χ1) is 11.1. The van der Waals surface area contributed by atoms with Crippen molar-refractivity contribution in [3.8, 4) is 5.69 Å². The van der Waals surface area contributed by atoms with E-state index in [-0.39, 0.29) is 11.2 Å².